The lowest BCUT2D eigenvalue weighted by Gasteiger charge is -2.15. The molecular formula is C17H18N8. The second-order valence-corrected chi connectivity index (χ2v) is 6.04. The van der Waals surface area contributed by atoms with E-state index in [0.29, 0.717) is 5.65 Å². The Labute approximate surface area is 144 Å². The summed E-state index contributed by atoms with van der Waals surface area (Å²) < 4.78 is 3.35. The first-order chi connectivity index (χ1) is 12.1. The molecule has 3 heterocycles. The van der Waals surface area contributed by atoms with Gasteiger partial charge in [-0.1, -0.05) is 12.1 Å². The van der Waals surface area contributed by atoms with Crippen molar-refractivity contribution in [3.63, 3.8) is 0 Å². The van der Waals surface area contributed by atoms with Gasteiger partial charge in [0.2, 0.25) is 0 Å². The molecular weight excluding hydrogens is 316 g/mol. The van der Waals surface area contributed by atoms with Crippen LogP contribution in [0.2, 0.25) is 0 Å². The second-order valence-electron chi connectivity index (χ2n) is 6.04. The molecule has 4 rings (SSSR count). The van der Waals surface area contributed by atoms with Crippen molar-refractivity contribution >= 4 is 11.5 Å². The number of tetrazole rings is 1. The minimum Gasteiger partial charge on any atom is -0.362 e. The molecule has 0 fully saturated rings. The Balaban J connectivity index is 1.53. The number of rotatable bonds is 4. The Bertz CT molecular complexity index is 1010. The Morgan fingerprint density at radius 3 is 2.52 bits per heavy atom. The fourth-order valence-electron chi connectivity index (χ4n) is 2.83. The summed E-state index contributed by atoms with van der Waals surface area (Å²) in [4.78, 5) is 0. The van der Waals surface area contributed by atoms with E-state index < -0.39 is 0 Å². The lowest BCUT2D eigenvalue weighted by molar-refractivity contribution is 0.728. The third kappa shape index (κ3) is 2.93. The van der Waals surface area contributed by atoms with Crippen LogP contribution in [0, 0.1) is 13.8 Å². The van der Waals surface area contributed by atoms with Crippen molar-refractivity contribution in [2.45, 2.75) is 26.8 Å². The highest BCUT2D eigenvalue weighted by Gasteiger charge is 2.09. The first kappa shape index (κ1) is 15.3. The molecule has 0 saturated carbocycles. The highest BCUT2D eigenvalue weighted by atomic mass is 15.6. The second kappa shape index (κ2) is 5.97. The van der Waals surface area contributed by atoms with Crippen LogP contribution in [0.5, 0.6) is 0 Å². The van der Waals surface area contributed by atoms with Gasteiger partial charge in [-0.2, -0.15) is 5.10 Å². The zero-order valence-corrected chi connectivity index (χ0v) is 14.2. The molecule has 0 amide bonds. The molecule has 0 spiro atoms. The molecule has 0 bridgehead atoms. The van der Waals surface area contributed by atoms with Gasteiger partial charge in [0.25, 0.3) is 0 Å². The average Bonchev–Trinajstić information content (AvgIpc) is 3.20. The van der Waals surface area contributed by atoms with Crippen molar-refractivity contribution in [2.75, 3.05) is 5.32 Å². The summed E-state index contributed by atoms with van der Waals surface area (Å²) in [5.41, 5.74) is 4.96. The predicted octanol–water partition coefficient (Wildman–Crippen LogP) is 2.49. The molecule has 0 radical (unpaired) electrons. The van der Waals surface area contributed by atoms with Crippen LogP contribution in [-0.4, -0.2) is 35.0 Å². The Morgan fingerprint density at radius 2 is 1.80 bits per heavy atom. The van der Waals surface area contributed by atoms with Gasteiger partial charge in [-0.25, -0.2) is 4.68 Å². The van der Waals surface area contributed by atoms with Gasteiger partial charge in [0.05, 0.1) is 17.4 Å². The maximum absolute atomic E-state index is 4.52. The van der Waals surface area contributed by atoms with Gasteiger partial charge < -0.3 is 5.32 Å². The van der Waals surface area contributed by atoms with Crippen molar-refractivity contribution in [3.8, 4) is 5.69 Å². The van der Waals surface area contributed by atoms with Crippen LogP contribution in [0.4, 0.5) is 5.82 Å². The molecule has 1 unspecified atom stereocenters. The lowest BCUT2D eigenvalue weighted by atomic mass is 10.1. The number of fused-ring (bicyclic) bond motifs is 1. The number of aryl methyl sites for hydroxylation is 2. The van der Waals surface area contributed by atoms with Gasteiger partial charge in [-0.05, 0) is 67.1 Å². The molecule has 1 atom stereocenters. The Kier molecular flexibility index (Phi) is 3.64. The first-order valence-corrected chi connectivity index (χ1v) is 8.06. The molecule has 3 aromatic heterocycles. The fourth-order valence-corrected chi connectivity index (χ4v) is 2.83. The van der Waals surface area contributed by atoms with Crippen LogP contribution in [0.3, 0.4) is 0 Å². The Morgan fingerprint density at radius 1 is 1.00 bits per heavy atom. The Hall–Kier alpha value is -3.29. The van der Waals surface area contributed by atoms with E-state index in [9.17, 15) is 0 Å². The van der Waals surface area contributed by atoms with Gasteiger partial charge in [0.15, 0.2) is 5.65 Å². The van der Waals surface area contributed by atoms with Gasteiger partial charge in [0, 0.05) is 5.69 Å². The minimum atomic E-state index is 0.0935. The van der Waals surface area contributed by atoms with Crippen molar-refractivity contribution in [3.05, 3.63) is 59.4 Å². The van der Waals surface area contributed by atoms with Crippen LogP contribution >= 0.6 is 0 Å². The minimum absolute atomic E-state index is 0.0935. The van der Waals surface area contributed by atoms with Crippen LogP contribution < -0.4 is 5.32 Å². The summed E-state index contributed by atoms with van der Waals surface area (Å²) in [6.07, 6.45) is 0. The van der Waals surface area contributed by atoms with Crippen molar-refractivity contribution in [1.82, 2.24) is 35.0 Å². The van der Waals surface area contributed by atoms with Gasteiger partial charge in [0.1, 0.15) is 5.82 Å². The zero-order chi connectivity index (χ0) is 17.4. The molecule has 126 valence electrons. The van der Waals surface area contributed by atoms with Gasteiger partial charge >= 0.3 is 0 Å². The molecule has 8 heteroatoms. The van der Waals surface area contributed by atoms with E-state index in [2.05, 4.69) is 75.2 Å². The number of aromatic nitrogens is 7. The molecule has 1 N–H and O–H groups in total. The van der Waals surface area contributed by atoms with Crippen LogP contribution in [0.15, 0.2) is 42.5 Å². The molecule has 1 aromatic carbocycles. The van der Waals surface area contributed by atoms with Gasteiger partial charge in [-0.15, -0.1) is 14.8 Å². The first-order valence-electron chi connectivity index (χ1n) is 8.06. The average molecular weight is 334 g/mol. The lowest BCUT2D eigenvalue weighted by Crippen LogP contribution is -2.10. The SMILES string of the molecule is Cc1cc(C)n(-c2ccc(C(C)Nc3ccc4nnnn4n3)cc2)n1. The van der Waals surface area contributed by atoms with E-state index >= 15 is 0 Å². The molecule has 0 aliphatic carbocycles. The topological polar surface area (TPSA) is 85.8 Å². The maximum atomic E-state index is 4.52. The molecule has 25 heavy (non-hydrogen) atoms. The zero-order valence-electron chi connectivity index (χ0n) is 14.2. The molecule has 0 aliphatic rings. The summed E-state index contributed by atoms with van der Waals surface area (Å²) in [6, 6.07) is 14.2. The highest BCUT2D eigenvalue weighted by Crippen LogP contribution is 2.20. The van der Waals surface area contributed by atoms with Gasteiger partial charge in [-0.3, -0.25) is 0 Å². The summed E-state index contributed by atoms with van der Waals surface area (Å²) in [6.45, 7) is 6.14. The summed E-state index contributed by atoms with van der Waals surface area (Å²) in [5.74, 6) is 0.718. The van der Waals surface area contributed by atoms with Crippen LogP contribution in [0.1, 0.15) is 29.9 Å². The number of benzene rings is 1. The summed E-state index contributed by atoms with van der Waals surface area (Å²) in [7, 11) is 0. The van der Waals surface area contributed by atoms with Crippen LogP contribution in [-0.2, 0) is 0 Å². The number of hydrogen-bond acceptors (Lipinski definition) is 6. The smallest absolute Gasteiger partial charge is 0.200 e. The number of anilines is 1. The predicted molar refractivity (Wildman–Crippen MR) is 93.7 cm³/mol. The van der Waals surface area contributed by atoms with Crippen LogP contribution in [0.25, 0.3) is 11.3 Å². The van der Waals surface area contributed by atoms with Crippen molar-refractivity contribution in [1.29, 1.82) is 0 Å². The van der Waals surface area contributed by atoms with Crippen molar-refractivity contribution < 1.29 is 0 Å². The highest BCUT2D eigenvalue weighted by molar-refractivity contribution is 5.44. The van der Waals surface area contributed by atoms with E-state index in [1.165, 1.54) is 4.63 Å². The largest absolute Gasteiger partial charge is 0.362 e. The van der Waals surface area contributed by atoms with E-state index in [-0.39, 0.29) is 6.04 Å². The third-order valence-electron chi connectivity index (χ3n) is 4.08. The van der Waals surface area contributed by atoms with E-state index in [1.807, 2.05) is 23.7 Å². The molecule has 4 aromatic rings. The normalized spacial score (nSPS) is 12.4. The monoisotopic (exact) mass is 334 g/mol. The number of nitrogens with zero attached hydrogens (tertiary/aromatic N) is 7. The quantitative estimate of drug-likeness (QED) is 0.617. The van der Waals surface area contributed by atoms with E-state index in [0.717, 1.165) is 28.5 Å². The molecule has 0 saturated heterocycles. The fraction of sp³-hybridized carbons (Fsp3) is 0.235. The maximum Gasteiger partial charge on any atom is 0.200 e. The third-order valence-corrected chi connectivity index (χ3v) is 4.08. The standard InChI is InChI=1S/C17H18N8/c1-11-10-12(2)24(20-11)15-6-4-14(5-7-15)13(3)18-16-8-9-17-19-22-23-25(17)21-16/h4-10,13H,1-3H3,(H,18,21). The summed E-state index contributed by atoms with van der Waals surface area (Å²) in [5, 5.41) is 23.5. The van der Waals surface area contributed by atoms with Crippen molar-refractivity contribution in [2.24, 2.45) is 0 Å². The molecule has 0 aliphatic heterocycles. The van der Waals surface area contributed by atoms with E-state index in [4.69, 9.17) is 0 Å². The summed E-state index contributed by atoms with van der Waals surface area (Å²) >= 11 is 0. The number of hydrogen-bond donors (Lipinski definition) is 1. The number of nitrogens with one attached hydrogen (secondary N) is 1. The molecule has 8 nitrogen and oxygen atoms in total. The van der Waals surface area contributed by atoms with E-state index in [1.54, 1.807) is 0 Å².